The second-order valence-electron chi connectivity index (χ2n) is 8.64. The van der Waals surface area contributed by atoms with Crippen molar-refractivity contribution in [2.24, 2.45) is 0 Å². The predicted octanol–water partition coefficient (Wildman–Crippen LogP) is 4.75. The largest absolute Gasteiger partial charge is 0.497 e. The summed E-state index contributed by atoms with van der Waals surface area (Å²) in [5.74, 6) is 0.617. The molecule has 0 spiro atoms. The number of hydrogen-bond donors (Lipinski definition) is 3. The molecule has 4 aromatic rings. The van der Waals surface area contributed by atoms with Gasteiger partial charge in [0.05, 0.1) is 31.8 Å². The molecule has 0 saturated heterocycles. The molecule has 39 heavy (non-hydrogen) atoms. The minimum absolute atomic E-state index is 0.0846. The number of carbonyl (C=O) groups is 1. The molecule has 1 aliphatic heterocycles. The van der Waals surface area contributed by atoms with Gasteiger partial charge in [-0.2, -0.15) is 13.2 Å². The maximum Gasteiger partial charge on any atom is 0.490 e. The molecule has 2 aromatic carbocycles. The summed E-state index contributed by atoms with van der Waals surface area (Å²) in [6.45, 7) is 1.06. The fourth-order valence-corrected chi connectivity index (χ4v) is 4.04. The Labute approximate surface area is 221 Å². The van der Waals surface area contributed by atoms with Crippen LogP contribution in [0.3, 0.4) is 0 Å². The lowest BCUT2D eigenvalue weighted by Gasteiger charge is -2.24. The minimum Gasteiger partial charge on any atom is -0.497 e. The van der Waals surface area contributed by atoms with Gasteiger partial charge in [-0.1, -0.05) is 0 Å². The average Bonchev–Trinajstić information content (AvgIpc) is 3.37. The van der Waals surface area contributed by atoms with E-state index in [9.17, 15) is 13.2 Å². The highest BCUT2D eigenvalue weighted by molar-refractivity contribution is 5.87. The van der Waals surface area contributed by atoms with Gasteiger partial charge < -0.3 is 29.4 Å². The van der Waals surface area contributed by atoms with Crippen molar-refractivity contribution in [1.82, 2.24) is 15.0 Å². The first-order valence-electron chi connectivity index (χ1n) is 12.0. The Kier molecular flexibility index (Phi) is 8.55. The SMILES string of the molecule is COc1ccc2c(c1)CC(c1nc3c(OCCCO)cc(-c4ccncc4)cc3[nH]1)CO2.O=C(O)C(F)(F)F. The van der Waals surface area contributed by atoms with Crippen LogP contribution in [0.2, 0.25) is 0 Å². The van der Waals surface area contributed by atoms with Gasteiger partial charge >= 0.3 is 12.1 Å². The van der Waals surface area contributed by atoms with Gasteiger partial charge in [-0.3, -0.25) is 4.98 Å². The van der Waals surface area contributed by atoms with Gasteiger partial charge in [-0.15, -0.1) is 0 Å². The summed E-state index contributed by atoms with van der Waals surface area (Å²) in [5, 5.41) is 16.3. The number of halogens is 3. The number of pyridine rings is 1. The van der Waals surface area contributed by atoms with Crippen molar-refractivity contribution in [3.63, 3.8) is 0 Å². The Bertz CT molecular complexity index is 1430. The lowest BCUT2D eigenvalue weighted by atomic mass is 9.96. The number of nitrogens with zero attached hydrogens (tertiary/aromatic N) is 2. The minimum atomic E-state index is -5.08. The van der Waals surface area contributed by atoms with Gasteiger partial charge in [0.1, 0.15) is 28.6 Å². The molecular weight excluding hydrogens is 519 g/mol. The topological polar surface area (TPSA) is 127 Å². The van der Waals surface area contributed by atoms with Crippen LogP contribution in [0.15, 0.2) is 54.9 Å². The van der Waals surface area contributed by atoms with Crippen LogP contribution in [0.25, 0.3) is 22.2 Å². The molecule has 0 fully saturated rings. The molecule has 206 valence electrons. The summed E-state index contributed by atoms with van der Waals surface area (Å²) in [4.78, 5) is 21.4. The fourth-order valence-electron chi connectivity index (χ4n) is 4.04. The number of carboxylic acids is 1. The Morgan fingerprint density at radius 2 is 1.90 bits per heavy atom. The molecule has 0 bridgehead atoms. The summed E-state index contributed by atoms with van der Waals surface area (Å²) in [5.41, 5.74) is 4.87. The Morgan fingerprint density at radius 1 is 1.15 bits per heavy atom. The van der Waals surface area contributed by atoms with Crippen LogP contribution in [-0.2, 0) is 11.2 Å². The van der Waals surface area contributed by atoms with E-state index in [1.165, 1.54) is 0 Å². The van der Waals surface area contributed by atoms with E-state index >= 15 is 0 Å². The number of methoxy groups -OCH3 is 1. The van der Waals surface area contributed by atoms with E-state index < -0.39 is 12.1 Å². The maximum absolute atomic E-state index is 10.6. The number of aliphatic carboxylic acids is 1. The maximum atomic E-state index is 10.6. The molecule has 2 aromatic heterocycles. The highest BCUT2D eigenvalue weighted by Gasteiger charge is 2.38. The van der Waals surface area contributed by atoms with Gasteiger partial charge in [0, 0.05) is 25.4 Å². The Morgan fingerprint density at radius 3 is 2.56 bits per heavy atom. The number of alkyl halides is 3. The van der Waals surface area contributed by atoms with E-state index in [1.54, 1.807) is 19.5 Å². The summed E-state index contributed by atoms with van der Waals surface area (Å²) in [7, 11) is 1.67. The van der Waals surface area contributed by atoms with E-state index in [0.717, 1.165) is 51.5 Å². The zero-order chi connectivity index (χ0) is 28.0. The number of imidazole rings is 1. The van der Waals surface area contributed by atoms with E-state index in [2.05, 4.69) is 16.0 Å². The summed E-state index contributed by atoms with van der Waals surface area (Å²) in [6.07, 6.45) is -0.164. The molecule has 5 rings (SSSR count). The standard InChI is InChI=1S/C25H25N3O4.C2HF3O2/c1-30-20-3-4-22-18(12-20)11-19(15-32-22)25-27-21-13-17(16-5-7-26-8-6-16)14-23(24(21)28-25)31-10-2-9-29;3-2(4,5)1(6)7/h3-8,12-14,19,29H,2,9-11,15H2,1H3,(H,27,28);(H,6,7). The third-order valence-corrected chi connectivity index (χ3v) is 5.95. The van der Waals surface area contributed by atoms with Crippen LogP contribution < -0.4 is 14.2 Å². The highest BCUT2D eigenvalue weighted by atomic mass is 19.4. The smallest absolute Gasteiger partial charge is 0.490 e. The van der Waals surface area contributed by atoms with Crippen LogP contribution in [0.4, 0.5) is 13.2 Å². The van der Waals surface area contributed by atoms with E-state index in [-0.39, 0.29) is 12.5 Å². The van der Waals surface area contributed by atoms with Crippen molar-refractivity contribution in [1.29, 1.82) is 0 Å². The number of ether oxygens (including phenoxy) is 3. The quantitative estimate of drug-likeness (QED) is 0.284. The van der Waals surface area contributed by atoms with Gasteiger partial charge in [0.15, 0.2) is 0 Å². The summed E-state index contributed by atoms with van der Waals surface area (Å²) < 4.78 is 49.1. The Hall–Kier alpha value is -4.32. The van der Waals surface area contributed by atoms with Crippen LogP contribution in [0.5, 0.6) is 17.2 Å². The molecule has 0 radical (unpaired) electrons. The molecule has 0 saturated carbocycles. The van der Waals surface area contributed by atoms with Crippen molar-refractivity contribution in [3.05, 3.63) is 66.2 Å². The number of rotatable bonds is 7. The highest BCUT2D eigenvalue weighted by Crippen LogP contribution is 2.37. The van der Waals surface area contributed by atoms with Crippen LogP contribution >= 0.6 is 0 Å². The van der Waals surface area contributed by atoms with Crippen molar-refractivity contribution in [2.45, 2.75) is 24.9 Å². The third kappa shape index (κ3) is 6.77. The number of nitrogens with one attached hydrogen (secondary N) is 1. The number of H-pyrrole nitrogens is 1. The van der Waals surface area contributed by atoms with Crippen LogP contribution in [-0.4, -0.2) is 64.2 Å². The van der Waals surface area contributed by atoms with Gasteiger partial charge in [0.25, 0.3) is 0 Å². The van der Waals surface area contributed by atoms with E-state index in [0.29, 0.717) is 25.4 Å². The molecule has 1 atom stereocenters. The molecule has 1 aliphatic rings. The lowest BCUT2D eigenvalue weighted by molar-refractivity contribution is -0.192. The predicted molar refractivity (Wildman–Crippen MR) is 135 cm³/mol. The fraction of sp³-hybridized carbons (Fsp3) is 0.296. The molecule has 0 amide bonds. The molecule has 3 heterocycles. The molecule has 12 heteroatoms. The zero-order valence-electron chi connectivity index (χ0n) is 20.9. The summed E-state index contributed by atoms with van der Waals surface area (Å²) in [6, 6.07) is 13.9. The number of aromatic amines is 1. The van der Waals surface area contributed by atoms with Crippen molar-refractivity contribution in [2.75, 3.05) is 26.9 Å². The van der Waals surface area contributed by atoms with Gasteiger partial charge in [-0.05, 0) is 65.6 Å². The third-order valence-electron chi connectivity index (χ3n) is 5.95. The first-order valence-corrected chi connectivity index (χ1v) is 12.0. The second-order valence-corrected chi connectivity index (χ2v) is 8.64. The average molecular weight is 546 g/mol. The van der Waals surface area contributed by atoms with Crippen molar-refractivity contribution < 1.29 is 42.4 Å². The monoisotopic (exact) mass is 545 g/mol. The Balaban J connectivity index is 0.000000448. The van der Waals surface area contributed by atoms with Crippen LogP contribution in [0, 0.1) is 0 Å². The van der Waals surface area contributed by atoms with E-state index in [1.807, 2.05) is 36.4 Å². The van der Waals surface area contributed by atoms with Crippen LogP contribution in [0.1, 0.15) is 23.7 Å². The lowest BCUT2D eigenvalue weighted by Crippen LogP contribution is -2.21. The zero-order valence-corrected chi connectivity index (χ0v) is 20.9. The molecule has 1 unspecified atom stereocenters. The molecule has 3 N–H and O–H groups in total. The number of fused-ring (bicyclic) bond motifs is 2. The summed E-state index contributed by atoms with van der Waals surface area (Å²) >= 11 is 0. The number of aliphatic hydroxyl groups is 1. The number of hydrogen-bond acceptors (Lipinski definition) is 7. The number of carboxylic acid groups (broad SMARTS) is 1. The molecule has 9 nitrogen and oxygen atoms in total. The first kappa shape index (κ1) is 27.7. The molecule has 0 aliphatic carbocycles. The first-order chi connectivity index (χ1) is 18.7. The number of benzene rings is 2. The number of aliphatic hydroxyl groups excluding tert-OH is 1. The second kappa shape index (κ2) is 12.0. The van der Waals surface area contributed by atoms with E-state index in [4.69, 9.17) is 34.2 Å². The van der Waals surface area contributed by atoms with Crippen molar-refractivity contribution >= 4 is 17.0 Å². The van der Waals surface area contributed by atoms with Crippen molar-refractivity contribution in [3.8, 4) is 28.4 Å². The van der Waals surface area contributed by atoms with Gasteiger partial charge in [0.2, 0.25) is 0 Å². The normalized spacial score (nSPS) is 14.5. The van der Waals surface area contributed by atoms with Gasteiger partial charge in [-0.25, -0.2) is 9.78 Å². The molecular formula is C27H26F3N3O6. The number of aromatic nitrogens is 3.